The van der Waals surface area contributed by atoms with E-state index in [2.05, 4.69) is 47.5 Å². The molecule has 4 heterocycles. The molecule has 2 fully saturated rings. The van der Waals surface area contributed by atoms with Crippen molar-refractivity contribution in [2.45, 2.75) is 45.1 Å². The molecule has 128 valence electrons. The van der Waals surface area contributed by atoms with Crippen molar-refractivity contribution in [3.8, 4) is 0 Å². The number of aromatic nitrogens is 5. The zero-order valence-corrected chi connectivity index (χ0v) is 14.3. The lowest BCUT2D eigenvalue weighted by Crippen LogP contribution is -2.36. The fourth-order valence-corrected chi connectivity index (χ4v) is 3.85. The van der Waals surface area contributed by atoms with Gasteiger partial charge < -0.3 is 14.4 Å². The Bertz CT molecular complexity index is 677. The second kappa shape index (κ2) is 6.75. The van der Waals surface area contributed by atoms with Crippen molar-refractivity contribution in [3.63, 3.8) is 0 Å². The highest BCUT2D eigenvalue weighted by Gasteiger charge is 2.26. The van der Waals surface area contributed by atoms with Gasteiger partial charge in [0.25, 0.3) is 0 Å². The Balaban J connectivity index is 1.52. The quantitative estimate of drug-likeness (QED) is 0.857. The van der Waals surface area contributed by atoms with Gasteiger partial charge in [-0.15, -0.1) is 10.2 Å². The minimum Gasteiger partial charge on any atom is -0.356 e. The predicted molar refractivity (Wildman–Crippen MR) is 93.4 cm³/mol. The molecule has 0 aliphatic carbocycles. The van der Waals surface area contributed by atoms with Crippen molar-refractivity contribution in [2.75, 3.05) is 36.0 Å². The summed E-state index contributed by atoms with van der Waals surface area (Å²) in [5.41, 5.74) is 0. The number of anilines is 2. The van der Waals surface area contributed by atoms with Gasteiger partial charge in [0.1, 0.15) is 30.1 Å². The highest BCUT2D eigenvalue weighted by Crippen LogP contribution is 2.29. The van der Waals surface area contributed by atoms with Gasteiger partial charge in [-0.25, -0.2) is 9.97 Å². The number of piperidine rings is 1. The smallest absolute Gasteiger partial charge is 0.137 e. The third-order valence-electron chi connectivity index (χ3n) is 5.16. The summed E-state index contributed by atoms with van der Waals surface area (Å²) in [4.78, 5) is 13.8. The maximum Gasteiger partial charge on any atom is 0.137 e. The van der Waals surface area contributed by atoms with Crippen LogP contribution in [0.4, 0.5) is 11.6 Å². The molecule has 24 heavy (non-hydrogen) atoms. The van der Waals surface area contributed by atoms with Crippen molar-refractivity contribution in [3.05, 3.63) is 24.5 Å². The van der Waals surface area contributed by atoms with Crippen LogP contribution in [-0.4, -0.2) is 50.9 Å². The SMILES string of the molecule is CCn1cnnc1C1CCCN(c2cc(N3CCCC3)ncn2)C1. The second-order valence-corrected chi connectivity index (χ2v) is 6.69. The van der Waals surface area contributed by atoms with Crippen LogP contribution in [0.5, 0.6) is 0 Å². The van der Waals surface area contributed by atoms with Gasteiger partial charge in [-0.3, -0.25) is 0 Å². The Morgan fingerprint density at radius 1 is 1.04 bits per heavy atom. The predicted octanol–water partition coefficient (Wildman–Crippen LogP) is 2.07. The highest BCUT2D eigenvalue weighted by atomic mass is 15.3. The number of rotatable bonds is 4. The maximum absolute atomic E-state index is 4.54. The Morgan fingerprint density at radius 3 is 2.58 bits per heavy atom. The van der Waals surface area contributed by atoms with Gasteiger partial charge in [0, 0.05) is 44.7 Å². The van der Waals surface area contributed by atoms with E-state index >= 15 is 0 Å². The lowest BCUT2D eigenvalue weighted by Gasteiger charge is -2.33. The van der Waals surface area contributed by atoms with Crippen molar-refractivity contribution >= 4 is 11.6 Å². The third-order valence-corrected chi connectivity index (χ3v) is 5.16. The lowest BCUT2D eigenvalue weighted by molar-refractivity contribution is 0.471. The maximum atomic E-state index is 4.54. The van der Waals surface area contributed by atoms with Crippen LogP contribution in [-0.2, 0) is 6.54 Å². The normalized spacial score (nSPS) is 21.5. The third kappa shape index (κ3) is 2.95. The molecule has 2 aromatic rings. The Labute approximate surface area is 142 Å². The van der Waals surface area contributed by atoms with Gasteiger partial charge in [0.05, 0.1) is 0 Å². The molecule has 0 radical (unpaired) electrons. The molecule has 0 N–H and O–H groups in total. The van der Waals surface area contributed by atoms with E-state index in [0.29, 0.717) is 5.92 Å². The molecule has 2 aromatic heterocycles. The van der Waals surface area contributed by atoms with E-state index in [1.54, 1.807) is 6.33 Å². The summed E-state index contributed by atoms with van der Waals surface area (Å²) in [6.45, 7) is 7.28. The van der Waals surface area contributed by atoms with Crippen molar-refractivity contribution in [1.29, 1.82) is 0 Å². The summed E-state index contributed by atoms with van der Waals surface area (Å²) in [5, 5.41) is 8.46. The van der Waals surface area contributed by atoms with Crippen LogP contribution in [0.3, 0.4) is 0 Å². The summed E-state index contributed by atoms with van der Waals surface area (Å²) in [7, 11) is 0. The molecule has 2 saturated heterocycles. The van der Waals surface area contributed by atoms with Gasteiger partial charge in [0.15, 0.2) is 0 Å². The lowest BCUT2D eigenvalue weighted by atomic mass is 9.97. The summed E-state index contributed by atoms with van der Waals surface area (Å²) in [5.74, 6) is 3.64. The molecule has 2 aliphatic rings. The minimum absolute atomic E-state index is 0.423. The molecule has 1 unspecified atom stereocenters. The fourth-order valence-electron chi connectivity index (χ4n) is 3.85. The van der Waals surface area contributed by atoms with Crippen LogP contribution in [0.25, 0.3) is 0 Å². The number of hydrogen-bond donors (Lipinski definition) is 0. The fraction of sp³-hybridized carbons (Fsp3) is 0.647. The molecular weight excluding hydrogens is 302 g/mol. The van der Waals surface area contributed by atoms with Crippen molar-refractivity contribution in [2.24, 2.45) is 0 Å². The molecule has 7 nitrogen and oxygen atoms in total. The van der Waals surface area contributed by atoms with Crippen molar-refractivity contribution in [1.82, 2.24) is 24.7 Å². The minimum atomic E-state index is 0.423. The molecule has 2 aliphatic heterocycles. The van der Waals surface area contributed by atoms with E-state index in [0.717, 1.165) is 56.6 Å². The summed E-state index contributed by atoms with van der Waals surface area (Å²) in [6, 6.07) is 2.15. The van der Waals surface area contributed by atoms with Gasteiger partial charge >= 0.3 is 0 Å². The van der Waals surface area contributed by atoms with E-state index in [1.165, 1.54) is 19.3 Å². The van der Waals surface area contributed by atoms with Crippen molar-refractivity contribution < 1.29 is 0 Å². The average molecular weight is 327 g/mol. The first-order chi connectivity index (χ1) is 11.8. The zero-order valence-electron chi connectivity index (χ0n) is 14.3. The van der Waals surface area contributed by atoms with E-state index in [4.69, 9.17) is 0 Å². The first kappa shape index (κ1) is 15.4. The molecule has 0 spiro atoms. The Morgan fingerprint density at radius 2 is 1.79 bits per heavy atom. The zero-order chi connectivity index (χ0) is 16.4. The van der Waals surface area contributed by atoms with Gasteiger partial charge in [-0.1, -0.05) is 0 Å². The molecule has 0 amide bonds. The van der Waals surface area contributed by atoms with E-state index in [9.17, 15) is 0 Å². The Hall–Kier alpha value is -2.18. The Kier molecular flexibility index (Phi) is 4.32. The first-order valence-electron chi connectivity index (χ1n) is 9.05. The largest absolute Gasteiger partial charge is 0.356 e. The molecule has 7 heteroatoms. The molecule has 1 atom stereocenters. The van der Waals surface area contributed by atoms with Crippen LogP contribution in [0.1, 0.15) is 44.3 Å². The molecular formula is C17H25N7. The highest BCUT2D eigenvalue weighted by molar-refractivity contribution is 5.51. The topological polar surface area (TPSA) is 63.0 Å². The van der Waals surface area contributed by atoms with Gasteiger partial charge in [-0.2, -0.15) is 0 Å². The second-order valence-electron chi connectivity index (χ2n) is 6.69. The number of nitrogens with zero attached hydrogens (tertiary/aromatic N) is 7. The summed E-state index contributed by atoms with van der Waals surface area (Å²) < 4.78 is 2.16. The number of aryl methyl sites for hydroxylation is 1. The summed E-state index contributed by atoms with van der Waals surface area (Å²) in [6.07, 6.45) is 8.39. The average Bonchev–Trinajstić information content (AvgIpc) is 3.33. The standard InChI is InChI=1S/C17H25N7/c1-2-22-13-20-21-17(22)14-6-5-9-24(11-14)16-10-15(18-12-19-16)23-7-3-4-8-23/h10,12-14H,2-9,11H2,1H3. The first-order valence-corrected chi connectivity index (χ1v) is 9.05. The van der Waals surface area contributed by atoms with E-state index in [1.807, 2.05) is 6.33 Å². The van der Waals surface area contributed by atoms with E-state index in [-0.39, 0.29) is 0 Å². The van der Waals surface area contributed by atoms with Crippen LogP contribution >= 0.6 is 0 Å². The van der Waals surface area contributed by atoms with Crippen LogP contribution < -0.4 is 9.80 Å². The summed E-state index contributed by atoms with van der Waals surface area (Å²) >= 11 is 0. The van der Waals surface area contributed by atoms with E-state index < -0.39 is 0 Å². The van der Waals surface area contributed by atoms with Crippen LogP contribution in [0, 0.1) is 0 Å². The molecule has 0 aromatic carbocycles. The number of hydrogen-bond acceptors (Lipinski definition) is 6. The molecule has 0 saturated carbocycles. The van der Waals surface area contributed by atoms with Gasteiger partial charge in [0.2, 0.25) is 0 Å². The monoisotopic (exact) mass is 327 g/mol. The molecule has 0 bridgehead atoms. The van der Waals surface area contributed by atoms with Crippen LogP contribution in [0.15, 0.2) is 18.7 Å². The van der Waals surface area contributed by atoms with Gasteiger partial charge in [-0.05, 0) is 32.6 Å². The molecule has 4 rings (SSSR count). The van der Waals surface area contributed by atoms with Crippen LogP contribution in [0.2, 0.25) is 0 Å².